The fourth-order valence-corrected chi connectivity index (χ4v) is 15.7. The SMILES string of the molecule is [C-]#[N+]c1ccc(N2c3ccc(-c4cc5c(c6ccccc46)-c4ccc(-c6ccc7c(c6)C6(C)CCCCC6(C)N7c6ccc(C#N)cc6)cc4C5(c4ccccc4)c4ccccc4)cc3C3(C)CCCCC23C)cc1. The van der Waals surface area contributed by atoms with Crippen molar-refractivity contribution in [1.29, 1.82) is 5.26 Å². The lowest BCUT2D eigenvalue weighted by atomic mass is 9.61. The Labute approximate surface area is 442 Å². The molecular formula is C71H60N4. The predicted octanol–water partition coefficient (Wildman–Crippen LogP) is 18.4. The normalized spacial score (nSPS) is 23.5. The van der Waals surface area contributed by atoms with E-state index in [0.717, 1.165) is 37.1 Å². The van der Waals surface area contributed by atoms with Gasteiger partial charge < -0.3 is 9.80 Å². The Morgan fingerprint density at radius 1 is 0.453 bits per heavy atom. The van der Waals surface area contributed by atoms with Crippen LogP contribution in [0.1, 0.15) is 118 Å². The molecule has 0 aromatic heterocycles. The van der Waals surface area contributed by atoms with Gasteiger partial charge in [0.2, 0.25) is 0 Å². The molecule has 3 aliphatic carbocycles. The minimum atomic E-state index is -0.627. The summed E-state index contributed by atoms with van der Waals surface area (Å²) in [5.74, 6) is 0. The van der Waals surface area contributed by atoms with Crippen LogP contribution < -0.4 is 9.80 Å². The maximum Gasteiger partial charge on any atom is 0.187 e. The molecule has 4 nitrogen and oxygen atoms in total. The molecule has 2 fully saturated rings. The highest BCUT2D eigenvalue weighted by atomic mass is 15.3. The van der Waals surface area contributed by atoms with E-state index in [1.807, 2.05) is 24.3 Å². The Hall–Kier alpha value is -8.18. The summed E-state index contributed by atoms with van der Waals surface area (Å²) in [6.07, 6.45) is 9.30. The van der Waals surface area contributed by atoms with Gasteiger partial charge in [0.25, 0.3) is 0 Å². The second kappa shape index (κ2) is 16.4. The number of benzene rings is 9. The van der Waals surface area contributed by atoms with E-state index >= 15 is 0 Å². The zero-order valence-corrected chi connectivity index (χ0v) is 43.4. The number of hydrogen-bond donors (Lipinski definition) is 0. The molecule has 4 unspecified atom stereocenters. The van der Waals surface area contributed by atoms with Crippen molar-refractivity contribution in [2.75, 3.05) is 9.80 Å². The molecule has 0 N–H and O–H groups in total. The molecule has 0 spiro atoms. The molecule has 0 amide bonds. The smallest absolute Gasteiger partial charge is 0.187 e. The molecule has 2 aliphatic heterocycles. The Bertz CT molecular complexity index is 3840. The van der Waals surface area contributed by atoms with Crippen molar-refractivity contribution in [1.82, 2.24) is 0 Å². The molecule has 4 atom stereocenters. The van der Waals surface area contributed by atoms with Gasteiger partial charge in [0.1, 0.15) is 0 Å². The molecular weight excluding hydrogens is 909 g/mol. The number of hydrogen-bond acceptors (Lipinski definition) is 3. The van der Waals surface area contributed by atoms with E-state index in [9.17, 15) is 5.26 Å². The van der Waals surface area contributed by atoms with Crippen molar-refractivity contribution in [2.24, 2.45) is 0 Å². The van der Waals surface area contributed by atoms with Crippen molar-refractivity contribution >= 4 is 39.2 Å². The topological polar surface area (TPSA) is 34.6 Å². The average Bonchev–Trinajstić information content (AvgIpc) is 4.17. The van der Waals surface area contributed by atoms with Crippen molar-refractivity contribution in [3.8, 4) is 39.4 Å². The fourth-order valence-electron chi connectivity index (χ4n) is 15.7. The van der Waals surface area contributed by atoms with E-state index in [2.05, 4.69) is 218 Å². The summed E-state index contributed by atoms with van der Waals surface area (Å²) in [7, 11) is 0. The largest absolute Gasteiger partial charge is 0.335 e. The molecule has 14 rings (SSSR count). The number of fused-ring (bicyclic) bond motifs is 11. The molecule has 5 aliphatic rings. The van der Waals surface area contributed by atoms with Crippen molar-refractivity contribution in [2.45, 2.75) is 106 Å². The van der Waals surface area contributed by atoms with Crippen LogP contribution in [-0.4, -0.2) is 11.1 Å². The molecule has 9 aromatic carbocycles. The highest BCUT2D eigenvalue weighted by Gasteiger charge is 2.59. The van der Waals surface area contributed by atoms with Crippen molar-refractivity contribution < 1.29 is 0 Å². The molecule has 75 heavy (non-hydrogen) atoms. The summed E-state index contributed by atoms with van der Waals surface area (Å²) in [4.78, 5) is 8.95. The lowest BCUT2D eigenvalue weighted by Crippen LogP contribution is -2.54. The standard InChI is InChI=1S/C71H60N4/c1-67-38-14-16-40-69(67,3)74(54-31-24-47(46-72)25-32-54)64-36-27-49(43-61(64)67)48-26-35-58-60(42-48)71(51-18-8-6-9-19-51,52-20-10-7-11-21-52)63-45-59(56-22-12-13-23-57(56)66(58)63)50-28-37-65-62(44-50)68(2)39-15-17-41-70(68,4)75(65)55-33-29-53(73-5)30-34-55/h6-13,18-37,42-45H,14-17,38-41H2,1-4H3. The summed E-state index contributed by atoms with van der Waals surface area (Å²) in [6.45, 7) is 17.7. The quantitative estimate of drug-likeness (QED) is 0.156. The maximum atomic E-state index is 9.70. The third-order valence-corrected chi connectivity index (χ3v) is 19.9. The van der Waals surface area contributed by atoms with Crippen LogP contribution in [0.4, 0.5) is 28.4 Å². The predicted molar refractivity (Wildman–Crippen MR) is 309 cm³/mol. The van der Waals surface area contributed by atoms with Gasteiger partial charge in [-0.1, -0.05) is 161 Å². The fraction of sp³-hybridized carbons (Fsp3) is 0.239. The monoisotopic (exact) mass is 968 g/mol. The summed E-state index contributed by atoms with van der Waals surface area (Å²) in [5, 5.41) is 12.2. The minimum Gasteiger partial charge on any atom is -0.335 e. The van der Waals surface area contributed by atoms with Crippen LogP contribution in [0, 0.1) is 17.9 Å². The zero-order valence-electron chi connectivity index (χ0n) is 43.4. The van der Waals surface area contributed by atoms with Crippen LogP contribution in [-0.2, 0) is 16.2 Å². The Kier molecular flexibility index (Phi) is 9.94. The average molecular weight is 969 g/mol. The molecule has 0 bridgehead atoms. The molecule has 0 radical (unpaired) electrons. The van der Waals surface area contributed by atoms with E-state index in [-0.39, 0.29) is 21.9 Å². The molecule has 9 aromatic rings. The van der Waals surface area contributed by atoms with E-state index in [1.54, 1.807) is 0 Å². The number of anilines is 4. The molecule has 0 saturated heterocycles. The van der Waals surface area contributed by atoms with Crippen molar-refractivity contribution in [3.63, 3.8) is 0 Å². The lowest BCUT2D eigenvalue weighted by molar-refractivity contribution is 0.195. The van der Waals surface area contributed by atoms with Gasteiger partial charge in [0.05, 0.1) is 34.7 Å². The first-order valence-corrected chi connectivity index (χ1v) is 27.3. The molecule has 4 heteroatoms. The van der Waals surface area contributed by atoms with Crippen LogP contribution >= 0.6 is 0 Å². The van der Waals surface area contributed by atoms with Gasteiger partial charge in [-0.2, -0.15) is 5.26 Å². The number of nitriles is 1. The van der Waals surface area contributed by atoms with Crippen LogP contribution in [0.3, 0.4) is 0 Å². The van der Waals surface area contributed by atoms with E-state index in [4.69, 9.17) is 6.57 Å². The van der Waals surface area contributed by atoms with Gasteiger partial charge in [0, 0.05) is 33.6 Å². The van der Waals surface area contributed by atoms with Gasteiger partial charge in [-0.3, -0.25) is 0 Å². The Balaban J connectivity index is 0.980. The van der Waals surface area contributed by atoms with E-state index in [1.165, 1.54) is 115 Å². The first-order valence-electron chi connectivity index (χ1n) is 27.3. The minimum absolute atomic E-state index is 0.0575. The molecule has 2 saturated carbocycles. The van der Waals surface area contributed by atoms with Crippen LogP contribution in [0.2, 0.25) is 0 Å². The Morgan fingerprint density at radius 3 is 1.49 bits per heavy atom. The summed E-state index contributed by atoms with van der Waals surface area (Å²) in [5.41, 5.74) is 20.8. The third kappa shape index (κ3) is 6.09. The maximum absolute atomic E-state index is 9.70. The second-order valence-electron chi connectivity index (χ2n) is 23.2. The van der Waals surface area contributed by atoms with E-state index < -0.39 is 5.41 Å². The van der Waals surface area contributed by atoms with E-state index in [0.29, 0.717) is 11.3 Å². The van der Waals surface area contributed by atoms with Crippen LogP contribution in [0.5, 0.6) is 0 Å². The molecule has 364 valence electrons. The zero-order chi connectivity index (χ0) is 50.9. The van der Waals surface area contributed by atoms with Gasteiger partial charge in [-0.25, -0.2) is 4.85 Å². The summed E-state index contributed by atoms with van der Waals surface area (Å²) >= 11 is 0. The third-order valence-electron chi connectivity index (χ3n) is 19.9. The first-order chi connectivity index (χ1) is 36.6. The van der Waals surface area contributed by atoms with Crippen LogP contribution in [0.25, 0.3) is 49.0 Å². The second-order valence-corrected chi connectivity index (χ2v) is 23.2. The van der Waals surface area contributed by atoms with Crippen LogP contribution in [0.15, 0.2) is 194 Å². The highest BCUT2D eigenvalue weighted by molar-refractivity contribution is 6.10. The van der Waals surface area contributed by atoms with Gasteiger partial charge in [-0.15, -0.1) is 0 Å². The Morgan fingerprint density at radius 2 is 0.933 bits per heavy atom. The number of rotatable bonds is 6. The summed E-state index contributed by atoms with van der Waals surface area (Å²) < 4.78 is 0. The van der Waals surface area contributed by atoms with Gasteiger partial charge >= 0.3 is 0 Å². The van der Waals surface area contributed by atoms with Gasteiger partial charge in [-0.05, 0) is 190 Å². The van der Waals surface area contributed by atoms with Gasteiger partial charge in [0.15, 0.2) is 5.69 Å². The first kappa shape index (κ1) is 45.4. The lowest BCUT2D eigenvalue weighted by Gasteiger charge is -2.50. The summed E-state index contributed by atoms with van der Waals surface area (Å²) in [6, 6.07) is 75.1. The molecule has 2 heterocycles. The van der Waals surface area contributed by atoms with Crippen molar-refractivity contribution in [3.05, 3.63) is 244 Å². The number of nitrogens with zero attached hydrogens (tertiary/aromatic N) is 4. The highest BCUT2D eigenvalue weighted by Crippen LogP contribution is 2.65.